The topological polar surface area (TPSA) is 87.7 Å². The van der Waals surface area contributed by atoms with Gasteiger partial charge in [-0.2, -0.15) is 0 Å². The highest BCUT2D eigenvalue weighted by Crippen LogP contribution is 2.26. The lowest BCUT2D eigenvalue weighted by Gasteiger charge is -2.17. The minimum Gasteiger partial charge on any atom is -0.495 e. The largest absolute Gasteiger partial charge is 0.495 e. The summed E-state index contributed by atoms with van der Waals surface area (Å²) in [7, 11) is -0.439. The van der Waals surface area contributed by atoms with Gasteiger partial charge in [0.1, 0.15) is 5.75 Å². The van der Waals surface area contributed by atoms with Gasteiger partial charge in [0, 0.05) is 25.2 Å². The molecule has 2 N–H and O–H groups in total. The molecule has 8 heteroatoms. The Kier molecular flexibility index (Phi) is 7.86. The van der Waals surface area contributed by atoms with Gasteiger partial charge in [0.2, 0.25) is 0 Å². The van der Waals surface area contributed by atoms with Crippen LogP contribution in [0.25, 0.3) is 0 Å². The Morgan fingerprint density at radius 1 is 0.969 bits per heavy atom. The highest BCUT2D eigenvalue weighted by atomic mass is 32.2. The number of sulfonamides is 1. The van der Waals surface area contributed by atoms with Crippen LogP contribution in [0.4, 0.5) is 5.69 Å². The van der Waals surface area contributed by atoms with Crippen LogP contribution < -0.4 is 14.8 Å². The molecule has 0 aliphatic heterocycles. The minimum absolute atomic E-state index is 0.00254. The van der Waals surface area contributed by atoms with Gasteiger partial charge in [0.15, 0.2) is 0 Å². The van der Waals surface area contributed by atoms with Crippen molar-refractivity contribution >= 4 is 21.6 Å². The fraction of sp³-hybridized carbons (Fsp3) is 0.208. The monoisotopic (exact) mass is 453 g/mol. The zero-order valence-corrected chi connectivity index (χ0v) is 18.9. The van der Waals surface area contributed by atoms with Crippen molar-refractivity contribution in [1.29, 1.82) is 0 Å². The van der Waals surface area contributed by atoms with Gasteiger partial charge in [-0.15, -0.1) is 0 Å². The number of ether oxygens (including phenoxy) is 1. The van der Waals surface area contributed by atoms with Crippen LogP contribution in [0.5, 0.6) is 5.75 Å². The van der Waals surface area contributed by atoms with Crippen LogP contribution in [-0.2, 0) is 16.6 Å². The van der Waals surface area contributed by atoms with Gasteiger partial charge in [-0.25, -0.2) is 8.42 Å². The number of likely N-dealkylation sites (N-methyl/N-ethyl adjacent to an activating group) is 1. The number of methoxy groups -OCH3 is 1. The van der Waals surface area contributed by atoms with E-state index in [0.29, 0.717) is 24.5 Å². The second-order valence-electron chi connectivity index (χ2n) is 7.31. The first-order chi connectivity index (χ1) is 15.4. The average molecular weight is 454 g/mol. The van der Waals surface area contributed by atoms with E-state index in [1.807, 2.05) is 25.2 Å². The van der Waals surface area contributed by atoms with Crippen molar-refractivity contribution in [2.45, 2.75) is 11.4 Å². The molecule has 0 fully saturated rings. The predicted molar refractivity (Wildman–Crippen MR) is 125 cm³/mol. The number of benzene rings is 3. The first-order valence-electron chi connectivity index (χ1n) is 10.2. The second-order valence-corrected chi connectivity index (χ2v) is 9.00. The quantitative estimate of drug-likeness (QED) is 0.492. The molecule has 0 unspecified atom stereocenters. The third-order valence-electron chi connectivity index (χ3n) is 4.83. The molecule has 0 aliphatic rings. The normalized spacial score (nSPS) is 11.2. The van der Waals surface area contributed by atoms with E-state index < -0.39 is 10.0 Å². The van der Waals surface area contributed by atoms with Crippen LogP contribution in [0.15, 0.2) is 83.8 Å². The van der Waals surface area contributed by atoms with Gasteiger partial charge in [0.05, 0.1) is 17.7 Å². The van der Waals surface area contributed by atoms with Gasteiger partial charge in [-0.05, 0) is 42.9 Å². The Morgan fingerprint density at radius 3 is 2.44 bits per heavy atom. The van der Waals surface area contributed by atoms with Crippen LogP contribution in [-0.4, -0.2) is 46.5 Å². The molecule has 0 spiro atoms. The van der Waals surface area contributed by atoms with E-state index >= 15 is 0 Å². The van der Waals surface area contributed by atoms with Crippen molar-refractivity contribution in [3.8, 4) is 5.75 Å². The number of hydrogen-bond donors (Lipinski definition) is 2. The maximum absolute atomic E-state index is 12.8. The maximum Gasteiger partial charge on any atom is 0.262 e. The first-order valence-corrected chi connectivity index (χ1v) is 11.6. The van der Waals surface area contributed by atoms with E-state index in [9.17, 15) is 13.2 Å². The van der Waals surface area contributed by atoms with E-state index in [1.165, 1.54) is 24.8 Å². The Bertz CT molecular complexity index is 1150. The van der Waals surface area contributed by atoms with E-state index in [2.05, 4.69) is 27.1 Å². The molecule has 0 radical (unpaired) electrons. The molecular weight excluding hydrogens is 426 g/mol. The third-order valence-corrected chi connectivity index (χ3v) is 6.20. The summed E-state index contributed by atoms with van der Waals surface area (Å²) in [6.07, 6.45) is 0. The van der Waals surface area contributed by atoms with Crippen LogP contribution in [0.1, 0.15) is 15.9 Å². The van der Waals surface area contributed by atoms with Crippen LogP contribution >= 0.6 is 0 Å². The molecule has 0 bridgehead atoms. The molecule has 0 saturated heterocycles. The van der Waals surface area contributed by atoms with Crippen molar-refractivity contribution in [1.82, 2.24) is 10.2 Å². The minimum atomic E-state index is -3.89. The number of anilines is 1. The zero-order chi connectivity index (χ0) is 23.0. The Hall–Kier alpha value is -3.36. The smallest absolute Gasteiger partial charge is 0.262 e. The highest BCUT2D eigenvalue weighted by Gasteiger charge is 2.18. The second kappa shape index (κ2) is 10.8. The summed E-state index contributed by atoms with van der Waals surface area (Å²) in [6.45, 7) is 1.88. The summed E-state index contributed by atoms with van der Waals surface area (Å²) >= 11 is 0. The lowest BCUT2D eigenvalue weighted by Crippen LogP contribution is -2.32. The van der Waals surface area contributed by atoms with Gasteiger partial charge in [-0.1, -0.05) is 48.5 Å². The molecule has 0 saturated carbocycles. The maximum atomic E-state index is 12.8. The third kappa shape index (κ3) is 6.32. The Morgan fingerprint density at radius 2 is 1.69 bits per heavy atom. The van der Waals surface area contributed by atoms with Gasteiger partial charge in [-0.3, -0.25) is 9.52 Å². The molecule has 7 nitrogen and oxygen atoms in total. The molecule has 0 aliphatic carbocycles. The van der Waals surface area contributed by atoms with Crippen LogP contribution in [0.3, 0.4) is 0 Å². The van der Waals surface area contributed by atoms with E-state index in [4.69, 9.17) is 4.74 Å². The molecule has 3 aromatic rings. The average Bonchev–Trinajstić information content (AvgIpc) is 2.80. The highest BCUT2D eigenvalue weighted by molar-refractivity contribution is 7.92. The molecule has 0 heterocycles. The number of amides is 1. The summed E-state index contributed by atoms with van der Waals surface area (Å²) in [6, 6.07) is 22.8. The van der Waals surface area contributed by atoms with Crippen molar-refractivity contribution in [3.63, 3.8) is 0 Å². The molecule has 0 atom stereocenters. The van der Waals surface area contributed by atoms with Gasteiger partial charge >= 0.3 is 0 Å². The lowest BCUT2D eigenvalue weighted by molar-refractivity contribution is 0.0949. The summed E-state index contributed by atoms with van der Waals surface area (Å²) in [5.74, 6) is 0.0806. The molecule has 168 valence electrons. The van der Waals surface area contributed by atoms with E-state index in [0.717, 1.165) is 6.54 Å². The number of hydrogen-bond acceptors (Lipinski definition) is 5. The number of carbonyl (C=O) groups is 1. The number of carbonyl (C=O) groups excluding carboxylic acids is 1. The van der Waals surface area contributed by atoms with E-state index in [-0.39, 0.29) is 16.4 Å². The standard InChI is InChI=1S/C24H27N3O4S/c1-27(18-19-9-4-3-5-10-19)16-15-25-24(28)20-11-8-12-21(17-20)32(29,30)26-22-13-6-7-14-23(22)31-2/h3-14,17,26H,15-16,18H2,1-2H3,(H,25,28). The fourth-order valence-electron chi connectivity index (χ4n) is 3.17. The molecule has 1 amide bonds. The van der Waals surface area contributed by atoms with Gasteiger partial charge < -0.3 is 15.0 Å². The van der Waals surface area contributed by atoms with Gasteiger partial charge in [0.25, 0.3) is 15.9 Å². The number of rotatable bonds is 10. The molecule has 3 aromatic carbocycles. The summed E-state index contributed by atoms with van der Waals surface area (Å²) in [5, 5.41) is 2.85. The van der Waals surface area contributed by atoms with Crippen LogP contribution in [0.2, 0.25) is 0 Å². The molecule has 3 rings (SSSR count). The van der Waals surface area contributed by atoms with Crippen molar-refractivity contribution < 1.29 is 17.9 Å². The molecular formula is C24H27N3O4S. The van der Waals surface area contributed by atoms with Crippen molar-refractivity contribution in [2.75, 3.05) is 32.0 Å². The first kappa shape index (κ1) is 23.3. The lowest BCUT2D eigenvalue weighted by atomic mass is 10.2. The number of nitrogens with one attached hydrogen (secondary N) is 2. The molecule has 0 aromatic heterocycles. The molecule has 32 heavy (non-hydrogen) atoms. The predicted octanol–water partition coefficient (Wildman–Crippen LogP) is 3.36. The van der Waals surface area contributed by atoms with E-state index in [1.54, 1.807) is 36.4 Å². The number of para-hydroxylation sites is 2. The SMILES string of the molecule is COc1ccccc1NS(=O)(=O)c1cccc(C(=O)NCCN(C)Cc2ccccc2)c1. The Balaban J connectivity index is 1.60. The number of nitrogens with zero attached hydrogens (tertiary/aromatic N) is 1. The van der Waals surface area contributed by atoms with Crippen LogP contribution in [0, 0.1) is 0 Å². The Labute approximate surface area is 189 Å². The zero-order valence-electron chi connectivity index (χ0n) is 18.1. The summed E-state index contributed by atoms with van der Waals surface area (Å²) in [4.78, 5) is 14.7. The fourth-order valence-corrected chi connectivity index (χ4v) is 4.29. The van der Waals surface area contributed by atoms with Crippen molar-refractivity contribution in [3.05, 3.63) is 90.0 Å². The van der Waals surface area contributed by atoms with Crippen molar-refractivity contribution in [2.24, 2.45) is 0 Å². The summed E-state index contributed by atoms with van der Waals surface area (Å²) < 4.78 is 33.3. The summed E-state index contributed by atoms with van der Waals surface area (Å²) in [5.41, 5.74) is 1.80.